The molecule has 5 N–H and O–H groups in total. The van der Waals surface area contributed by atoms with Crippen molar-refractivity contribution in [1.82, 2.24) is 15.5 Å². The maximum absolute atomic E-state index is 12.5. The van der Waals surface area contributed by atoms with Crippen LogP contribution in [-0.4, -0.2) is 67.5 Å². The van der Waals surface area contributed by atoms with Gasteiger partial charge in [-0.1, -0.05) is 56.0 Å². The van der Waals surface area contributed by atoms with Gasteiger partial charge in [-0.3, -0.25) is 9.59 Å². The Bertz CT molecular complexity index is 2810. The molecule has 2 aliphatic rings. The van der Waals surface area contributed by atoms with Crippen LogP contribution in [-0.2, 0) is 90.6 Å². The molecule has 0 atom stereocenters. The first kappa shape index (κ1) is 75.6. The quantitative estimate of drug-likeness (QED) is 0.114. The van der Waals surface area contributed by atoms with Crippen LogP contribution in [0.5, 0.6) is 0 Å². The van der Waals surface area contributed by atoms with Crippen molar-refractivity contribution in [3.8, 4) is 0 Å². The van der Waals surface area contributed by atoms with Gasteiger partial charge in [0.2, 0.25) is 6.54 Å². The third-order valence-corrected chi connectivity index (χ3v) is 11.0. The standard InChI is InChI=1S/C12H9F6NO.C11H9F6NO.C10H10F3N.C9H6F3N.C9H10F3N.CH2O.CH4.H2O.H2/c13-11(14,15)9-2-1-7-3-4-19(6-8(7)5-9)10(20)12(16,17)18;12-10(13,14)8-3-1-7(2-4-8)5-6-18-9(19)11(15,16)17;11-10(12,13)9-2-1-7-3-4-14-6-8(7)5-9;1-13-6-7-2-4-8(5-3-7)9(10,11)12;10-9(11,12)8-3-1-7(2-4-8)5-6-13;1-2;;;/h1-2,5H,3-4,6H2;1-4H,5-6H2,(H,18,19);1-2,5,14H,3-4,6H2;2-5H,6H2;1-4H,5-6,13H2;1H2;1H4;1H2;1H/p-1. The van der Waals surface area contributed by atoms with Crippen LogP contribution < -0.4 is 16.4 Å². The number of benzene rings is 5. The number of fused-ring (bicyclic) bond motifs is 2. The van der Waals surface area contributed by atoms with Gasteiger partial charge in [0.15, 0.2) is 0 Å². The number of nitrogens with one attached hydrogen (secondary N) is 2. The van der Waals surface area contributed by atoms with Gasteiger partial charge in [0.05, 0.1) is 27.8 Å². The van der Waals surface area contributed by atoms with Crippen LogP contribution in [0.1, 0.15) is 75.6 Å². The first-order chi connectivity index (χ1) is 37.3. The van der Waals surface area contributed by atoms with Crippen molar-refractivity contribution in [1.29, 1.82) is 0 Å². The van der Waals surface area contributed by atoms with Crippen LogP contribution in [0.15, 0.2) is 109 Å². The number of hydrogen-bond donors (Lipinski definition) is 3. The lowest BCUT2D eigenvalue weighted by Crippen LogP contribution is -2.43. The van der Waals surface area contributed by atoms with Crippen molar-refractivity contribution in [3.05, 3.63) is 187 Å². The van der Waals surface area contributed by atoms with Crippen molar-refractivity contribution in [2.75, 3.05) is 26.2 Å². The van der Waals surface area contributed by atoms with Gasteiger partial charge in [0, 0.05) is 33.2 Å². The number of halogens is 21. The third-order valence-electron chi connectivity index (χ3n) is 11.0. The Hall–Kier alpha value is -7.39. The zero-order valence-electron chi connectivity index (χ0n) is 42.0. The summed E-state index contributed by atoms with van der Waals surface area (Å²) in [5.41, 5.74) is 5.89. The fraction of sp³-hybridized carbons (Fsp3) is 0.358. The molecule has 0 unspecified atom stereocenters. The highest BCUT2D eigenvalue weighted by Gasteiger charge is 2.44. The van der Waals surface area contributed by atoms with E-state index in [2.05, 4.69) is 10.2 Å². The minimum atomic E-state index is -5.01. The molecule has 0 fully saturated rings. The van der Waals surface area contributed by atoms with Gasteiger partial charge in [0.1, 0.15) is 6.79 Å². The number of carbonyl (C=O) groups is 3. The fourth-order valence-corrected chi connectivity index (χ4v) is 6.94. The second kappa shape index (κ2) is 32.5. The summed E-state index contributed by atoms with van der Waals surface area (Å²) < 4.78 is 256. The lowest BCUT2D eigenvalue weighted by molar-refractivity contribution is -0.186. The molecule has 0 bridgehead atoms. The van der Waals surface area contributed by atoms with Crippen LogP contribution in [0.4, 0.5) is 92.2 Å². The van der Waals surface area contributed by atoms with E-state index in [-0.39, 0.29) is 52.4 Å². The van der Waals surface area contributed by atoms with Crippen LogP contribution in [0.25, 0.3) is 4.85 Å². The van der Waals surface area contributed by atoms with E-state index in [1.165, 1.54) is 36.4 Å². The number of amides is 2. The molecule has 0 saturated heterocycles. The average Bonchev–Trinajstić information content (AvgIpc) is 3.50. The summed E-state index contributed by atoms with van der Waals surface area (Å²) in [6.45, 7) is 9.56. The van der Waals surface area contributed by atoms with Gasteiger partial charge in [-0.2, -0.15) is 92.2 Å². The van der Waals surface area contributed by atoms with Crippen molar-refractivity contribution in [2.24, 2.45) is 5.73 Å². The van der Waals surface area contributed by atoms with Gasteiger partial charge >= 0.3 is 55.0 Å². The van der Waals surface area contributed by atoms with Crippen LogP contribution >= 0.6 is 0 Å². The van der Waals surface area contributed by atoms with E-state index in [1.807, 2.05) is 6.79 Å². The first-order valence-corrected chi connectivity index (χ1v) is 22.9. The maximum atomic E-state index is 12.5. The van der Waals surface area contributed by atoms with E-state index in [0.717, 1.165) is 96.4 Å². The third kappa shape index (κ3) is 26.2. The van der Waals surface area contributed by atoms with Crippen molar-refractivity contribution >= 4 is 18.6 Å². The summed E-state index contributed by atoms with van der Waals surface area (Å²) in [5, 5.41) is 4.68. The SMILES string of the molecule is C.C=O.FC(F)(F)c1ccc2c(c1)CNCC2.NCCc1ccc(C(F)(F)F)cc1.O=C(N1CCc2ccc(C(F)(F)F)cc2C1)C(F)(F)F.O=C(NCCc1ccc(C(F)(F)F)cc1)C(F)(F)F.[C-]#[N+]Cc1ccc(C(F)(F)F)cc1.[HH].[OH-]. The van der Waals surface area contributed by atoms with E-state index in [1.54, 1.807) is 11.4 Å². The van der Waals surface area contributed by atoms with E-state index in [4.69, 9.17) is 17.1 Å². The Kier molecular flexibility index (Phi) is 29.6. The number of nitrogens with two attached hydrogens (primary N) is 1. The summed E-state index contributed by atoms with van der Waals surface area (Å²) >= 11 is 0. The maximum Gasteiger partial charge on any atom is 0.471 e. The molecule has 2 amide bonds. The lowest BCUT2D eigenvalue weighted by Gasteiger charge is -2.29. The van der Waals surface area contributed by atoms with Crippen molar-refractivity contribution < 1.29 is 113 Å². The molecule has 0 spiro atoms. The summed E-state index contributed by atoms with van der Waals surface area (Å²) in [5.74, 6) is -4.10. The van der Waals surface area contributed by atoms with Crippen LogP contribution in [0, 0.1) is 6.57 Å². The molecule has 7 rings (SSSR count). The molecule has 9 nitrogen and oxygen atoms in total. The minimum absolute atomic E-state index is 0. The number of alkyl halides is 21. The van der Waals surface area contributed by atoms with E-state index >= 15 is 0 Å². The lowest BCUT2D eigenvalue weighted by atomic mass is 9.97. The van der Waals surface area contributed by atoms with E-state index < -0.39 is 89.4 Å². The molecule has 0 aromatic heterocycles. The Balaban J connectivity index is 0. The van der Waals surface area contributed by atoms with Gasteiger partial charge in [-0.25, -0.2) is 6.57 Å². The molecule has 5 aromatic carbocycles. The zero-order valence-corrected chi connectivity index (χ0v) is 42.0. The van der Waals surface area contributed by atoms with Crippen LogP contribution in [0.2, 0.25) is 0 Å². The molecule has 0 aliphatic carbocycles. The van der Waals surface area contributed by atoms with Crippen molar-refractivity contribution in [2.45, 2.75) is 96.0 Å². The number of rotatable bonds is 6. The Morgan fingerprint density at radius 2 is 0.916 bits per heavy atom. The molecular formula is C53H53F21N5O4-. The van der Waals surface area contributed by atoms with E-state index in [0.29, 0.717) is 41.1 Å². The second-order valence-corrected chi connectivity index (χ2v) is 16.8. The highest BCUT2D eigenvalue weighted by Crippen LogP contribution is 2.35. The summed E-state index contributed by atoms with van der Waals surface area (Å²) in [6, 6.07) is 20.6. The molecule has 462 valence electrons. The fourth-order valence-electron chi connectivity index (χ4n) is 6.94. The smallest absolute Gasteiger partial charge is 0.471 e. The predicted molar refractivity (Wildman–Crippen MR) is 262 cm³/mol. The largest absolute Gasteiger partial charge is 0.870 e. The predicted octanol–water partition coefficient (Wildman–Crippen LogP) is 14.3. The van der Waals surface area contributed by atoms with Crippen LogP contribution in [0.3, 0.4) is 0 Å². The highest BCUT2D eigenvalue weighted by atomic mass is 19.4. The van der Waals surface area contributed by atoms with Crippen molar-refractivity contribution in [3.63, 3.8) is 0 Å². The zero-order chi connectivity index (χ0) is 61.8. The van der Waals surface area contributed by atoms with Gasteiger partial charge in [-0.15, -0.1) is 0 Å². The molecule has 83 heavy (non-hydrogen) atoms. The molecule has 2 aliphatic heterocycles. The Labute approximate surface area is 462 Å². The Morgan fingerprint density at radius 1 is 0.542 bits per heavy atom. The van der Waals surface area contributed by atoms with Gasteiger partial charge < -0.3 is 36.4 Å². The monoisotopic (exact) mass is 1220 g/mol. The summed E-state index contributed by atoms with van der Waals surface area (Å²) in [7, 11) is 0. The highest BCUT2D eigenvalue weighted by molar-refractivity contribution is 5.82. The normalized spacial score (nSPS) is 13.0. The number of carbonyl (C=O) groups excluding carboxylic acids is 3. The van der Waals surface area contributed by atoms with E-state index in [9.17, 15) is 102 Å². The molecule has 5 aromatic rings. The van der Waals surface area contributed by atoms with Gasteiger partial charge in [0.25, 0.3) is 0 Å². The molecule has 2 heterocycles. The number of nitrogens with zero attached hydrogens (tertiary/aromatic N) is 2. The minimum Gasteiger partial charge on any atom is -0.870 e. The number of hydrogen-bond acceptors (Lipinski definition) is 6. The topological polar surface area (TPSA) is 139 Å². The Morgan fingerprint density at radius 3 is 1.29 bits per heavy atom. The average molecular weight is 1220 g/mol. The first-order valence-electron chi connectivity index (χ1n) is 22.9. The van der Waals surface area contributed by atoms with Gasteiger partial charge in [-0.05, 0) is 133 Å². The molecule has 0 radical (unpaired) electrons. The molecule has 30 heteroatoms. The summed E-state index contributed by atoms with van der Waals surface area (Å²) in [4.78, 5) is 33.1. The second-order valence-electron chi connectivity index (χ2n) is 16.8. The molecular weight excluding hydrogens is 1170 g/mol. The molecule has 0 saturated carbocycles. The summed E-state index contributed by atoms with van der Waals surface area (Å²) in [6.07, 6.45) is -30.2.